The van der Waals surface area contributed by atoms with Crippen LogP contribution < -0.4 is 5.32 Å². The lowest BCUT2D eigenvalue weighted by molar-refractivity contribution is 0.0593. The van der Waals surface area contributed by atoms with Crippen molar-refractivity contribution in [3.8, 4) is 0 Å². The maximum absolute atomic E-state index is 11.6. The van der Waals surface area contributed by atoms with Crippen molar-refractivity contribution < 1.29 is 9.53 Å². The normalized spacial score (nSPS) is 10.3. The summed E-state index contributed by atoms with van der Waals surface area (Å²) in [5, 5.41) is 3.46. The molecule has 0 aliphatic rings. The fourth-order valence-corrected chi connectivity index (χ4v) is 2.46. The van der Waals surface area contributed by atoms with Crippen LogP contribution in [0, 0.1) is 6.92 Å². The second-order valence-corrected chi connectivity index (χ2v) is 5.67. The molecule has 1 N–H and O–H groups in total. The highest BCUT2D eigenvalue weighted by atomic mass is 79.9. The number of hydrogen-bond donors (Lipinski definition) is 1. The Morgan fingerprint density at radius 1 is 1.38 bits per heavy atom. The van der Waals surface area contributed by atoms with E-state index in [-0.39, 0.29) is 10.8 Å². The van der Waals surface area contributed by atoms with Crippen LogP contribution in [0.2, 0.25) is 5.15 Å². The number of esters is 1. The largest absolute Gasteiger partial charge is 0.464 e. The molecule has 2 aromatic rings. The Balaban J connectivity index is 2.21. The molecule has 0 aliphatic heterocycles. The van der Waals surface area contributed by atoms with E-state index in [4.69, 9.17) is 11.6 Å². The highest BCUT2D eigenvalue weighted by molar-refractivity contribution is 9.10. The van der Waals surface area contributed by atoms with Crippen molar-refractivity contribution in [1.29, 1.82) is 0 Å². The fourth-order valence-electron chi connectivity index (χ4n) is 1.76. The summed E-state index contributed by atoms with van der Waals surface area (Å²) in [6.45, 7) is 2.65. The lowest BCUT2D eigenvalue weighted by Crippen LogP contribution is -2.09. The highest BCUT2D eigenvalue weighted by Crippen LogP contribution is 2.29. The van der Waals surface area contributed by atoms with Gasteiger partial charge in [-0.2, -0.15) is 0 Å². The number of rotatable bonds is 4. The van der Waals surface area contributed by atoms with Crippen LogP contribution in [0.1, 0.15) is 21.6 Å². The third-order valence-corrected chi connectivity index (χ3v) is 3.91. The van der Waals surface area contributed by atoms with E-state index in [0.29, 0.717) is 16.7 Å². The molecular formula is C15H14BrClN2O2. The molecule has 0 bridgehead atoms. The van der Waals surface area contributed by atoms with E-state index >= 15 is 0 Å². The summed E-state index contributed by atoms with van der Waals surface area (Å²) in [4.78, 5) is 15.6. The molecule has 0 atom stereocenters. The van der Waals surface area contributed by atoms with Crippen molar-refractivity contribution in [2.45, 2.75) is 13.5 Å². The third kappa shape index (κ3) is 3.95. The number of carbonyl (C=O) groups is 1. The Morgan fingerprint density at radius 2 is 2.05 bits per heavy atom. The monoisotopic (exact) mass is 368 g/mol. The zero-order valence-electron chi connectivity index (χ0n) is 11.6. The van der Waals surface area contributed by atoms with Crippen molar-refractivity contribution in [3.05, 3.63) is 56.8 Å². The number of anilines is 1. The molecular weight excluding hydrogens is 356 g/mol. The van der Waals surface area contributed by atoms with Crippen LogP contribution in [0.3, 0.4) is 0 Å². The van der Waals surface area contributed by atoms with Crippen LogP contribution in [-0.4, -0.2) is 18.1 Å². The van der Waals surface area contributed by atoms with Gasteiger partial charge < -0.3 is 10.1 Å². The first-order valence-electron chi connectivity index (χ1n) is 6.25. The van der Waals surface area contributed by atoms with Crippen molar-refractivity contribution in [3.63, 3.8) is 0 Å². The Bertz CT molecular complexity index is 659. The Labute approximate surface area is 136 Å². The SMILES string of the molecule is COC(=O)c1nc(Cl)cc(NCc2ccc(C)cc2)c1Br. The number of benzene rings is 1. The number of methoxy groups -OCH3 is 1. The zero-order chi connectivity index (χ0) is 15.4. The minimum Gasteiger partial charge on any atom is -0.464 e. The Kier molecular flexibility index (Phi) is 5.20. The zero-order valence-corrected chi connectivity index (χ0v) is 14.0. The topological polar surface area (TPSA) is 51.2 Å². The smallest absolute Gasteiger partial charge is 0.357 e. The number of halogens is 2. The van der Waals surface area contributed by atoms with Crippen LogP contribution in [0.4, 0.5) is 5.69 Å². The minimum atomic E-state index is -0.539. The van der Waals surface area contributed by atoms with E-state index in [0.717, 1.165) is 5.56 Å². The molecule has 0 saturated carbocycles. The van der Waals surface area contributed by atoms with Gasteiger partial charge in [-0.05, 0) is 34.5 Å². The van der Waals surface area contributed by atoms with Gasteiger partial charge in [-0.3, -0.25) is 0 Å². The standard InChI is InChI=1S/C15H14BrClN2O2/c1-9-3-5-10(6-4-9)8-18-11-7-12(17)19-14(13(11)16)15(20)21-2/h3-7H,8H2,1-2H3,(H,18,19). The van der Waals surface area contributed by atoms with Crippen LogP contribution in [0.5, 0.6) is 0 Å². The summed E-state index contributed by atoms with van der Waals surface area (Å²) < 4.78 is 5.22. The first-order valence-corrected chi connectivity index (χ1v) is 7.42. The van der Waals surface area contributed by atoms with Gasteiger partial charge in [-0.15, -0.1) is 0 Å². The molecule has 0 radical (unpaired) electrons. The van der Waals surface area contributed by atoms with Gasteiger partial charge in [0.05, 0.1) is 17.3 Å². The molecule has 0 saturated heterocycles. The van der Waals surface area contributed by atoms with E-state index in [2.05, 4.69) is 31.0 Å². The molecule has 1 heterocycles. The maximum Gasteiger partial charge on any atom is 0.357 e. The fraction of sp³-hybridized carbons (Fsp3) is 0.200. The second-order valence-electron chi connectivity index (χ2n) is 4.49. The molecule has 0 unspecified atom stereocenters. The lowest BCUT2D eigenvalue weighted by atomic mass is 10.1. The van der Waals surface area contributed by atoms with Gasteiger partial charge in [-0.25, -0.2) is 9.78 Å². The van der Waals surface area contributed by atoms with E-state index < -0.39 is 5.97 Å². The average Bonchev–Trinajstić information content (AvgIpc) is 2.48. The predicted molar refractivity (Wildman–Crippen MR) is 86.8 cm³/mol. The number of nitrogens with one attached hydrogen (secondary N) is 1. The molecule has 110 valence electrons. The Hall–Kier alpha value is -1.59. The molecule has 1 aromatic heterocycles. The number of nitrogens with zero attached hydrogens (tertiary/aromatic N) is 1. The molecule has 0 spiro atoms. The van der Waals surface area contributed by atoms with Crippen molar-refractivity contribution in [2.75, 3.05) is 12.4 Å². The van der Waals surface area contributed by atoms with Crippen molar-refractivity contribution in [1.82, 2.24) is 4.98 Å². The van der Waals surface area contributed by atoms with Gasteiger partial charge in [0.2, 0.25) is 0 Å². The summed E-state index contributed by atoms with van der Waals surface area (Å²) >= 11 is 9.30. The summed E-state index contributed by atoms with van der Waals surface area (Å²) in [5.41, 5.74) is 3.17. The number of carbonyl (C=O) groups excluding carboxylic acids is 1. The van der Waals surface area contributed by atoms with Gasteiger partial charge in [0, 0.05) is 6.54 Å². The molecule has 1 aromatic carbocycles. The van der Waals surface area contributed by atoms with Crippen LogP contribution in [-0.2, 0) is 11.3 Å². The summed E-state index contributed by atoms with van der Waals surface area (Å²) in [6.07, 6.45) is 0. The van der Waals surface area contributed by atoms with Crippen molar-refractivity contribution >= 4 is 39.2 Å². The van der Waals surface area contributed by atoms with Gasteiger partial charge in [0.1, 0.15) is 5.15 Å². The molecule has 0 aliphatic carbocycles. The maximum atomic E-state index is 11.6. The number of pyridine rings is 1. The molecule has 4 nitrogen and oxygen atoms in total. The van der Waals surface area contributed by atoms with Crippen LogP contribution in [0.15, 0.2) is 34.8 Å². The summed E-state index contributed by atoms with van der Waals surface area (Å²) in [6, 6.07) is 9.84. The Morgan fingerprint density at radius 3 is 2.67 bits per heavy atom. The number of aromatic nitrogens is 1. The summed E-state index contributed by atoms with van der Waals surface area (Å²) in [5.74, 6) is -0.539. The van der Waals surface area contributed by atoms with Gasteiger partial charge in [-0.1, -0.05) is 41.4 Å². The molecule has 21 heavy (non-hydrogen) atoms. The third-order valence-electron chi connectivity index (χ3n) is 2.91. The first kappa shape index (κ1) is 15.8. The lowest BCUT2D eigenvalue weighted by Gasteiger charge is -2.11. The van der Waals surface area contributed by atoms with E-state index in [1.54, 1.807) is 6.07 Å². The quantitative estimate of drug-likeness (QED) is 0.648. The number of hydrogen-bond acceptors (Lipinski definition) is 4. The number of aryl methyl sites for hydroxylation is 1. The van der Waals surface area contributed by atoms with Crippen LogP contribution in [0.25, 0.3) is 0 Å². The molecule has 2 rings (SSSR count). The van der Waals surface area contributed by atoms with Gasteiger partial charge in [0.15, 0.2) is 5.69 Å². The predicted octanol–water partition coefficient (Wildman–Crippen LogP) is 4.20. The van der Waals surface area contributed by atoms with Crippen LogP contribution >= 0.6 is 27.5 Å². The average molecular weight is 370 g/mol. The molecule has 6 heteroatoms. The highest BCUT2D eigenvalue weighted by Gasteiger charge is 2.17. The minimum absolute atomic E-state index is 0.149. The van der Waals surface area contributed by atoms with Crippen molar-refractivity contribution in [2.24, 2.45) is 0 Å². The number of ether oxygens (including phenoxy) is 1. The van der Waals surface area contributed by atoms with E-state index in [9.17, 15) is 4.79 Å². The first-order chi connectivity index (χ1) is 10.0. The molecule has 0 amide bonds. The van der Waals surface area contributed by atoms with Gasteiger partial charge >= 0.3 is 5.97 Å². The van der Waals surface area contributed by atoms with E-state index in [1.807, 2.05) is 31.2 Å². The second kappa shape index (κ2) is 6.91. The van der Waals surface area contributed by atoms with Gasteiger partial charge in [0.25, 0.3) is 0 Å². The molecule has 0 fully saturated rings. The van der Waals surface area contributed by atoms with E-state index in [1.165, 1.54) is 12.7 Å². The summed E-state index contributed by atoms with van der Waals surface area (Å²) in [7, 11) is 1.30.